The summed E-state index contributed by atoms with van der Waals surface area (Å²) in [7, 11) is 1.59. The van der Waals surface area contributed by atoms with Gasteiger partial charge in [-0.1, -0.05) is 6.92 Å². The van der Waals surface area contributed by atoms with Gasteiger partial charge in [-0.15, -0.1) is 0 Å². The molecule has 115 valence electrons. The van der Waals surface area contributed by atoms with E-state index in [-0.39, 0.29) is 0 Å². The number of nitrogens with zero attached hydrogens (tertiary/aromatic N) is 3. The van der Waals surface area contributed by atoms with Gasteiger partial charge in [0.15, 0.2) is 6.29 Å². The standard InChI is InChI=1S/C17H20N3O2/c1-12-3-5-15(6-4-12)20-16(10-14(11-21)19-20)13-7-8-18-17(9-13)22-2/h7-12H,3-6H2,1-2H3. The Kier molecular flexibility index (Phi) is 4.22. The average molecular weight is 298 g/mol. The fraction of sp³-hybridized carbons (Fsp3) is 0.412. The molecule has 1 aliphatic carbocycles. The Bertz CT molecular complexity index is 658. The smallest absolute Gasteiger partial charge is 0.213 e. The Morgan fingerprint density at radius 1 is 1.32 bits per heavy atom. The first-order valence-corrected chi connectivity index (χ1v) is 7.62. The number of hydrogen-bond donors (Lipinski definition) is 0. The van der Waals surface area contributed by atoms with Crippen molar-refractivity contribution in [3.63, 3.8) is 0 Å². The van der Waals surface area contributed by atoms with Crippen molar-refractivity contribution in [2.24, 2.45) is 5.92 Å². The van der Waals surface area contributed by atoms with Crippen LogP contribution in [0.5, 0.6) is 5.88 Å². The number of hydrogen-bond acceptors (Lipinski definition) is 4. The zero-order valence-corrected chi connectivity index (χ0v) is 13.0. The molecule has 0 bridgehead atoms. The Labute approximate surface area is 130 Å². The molecule has 1 aliphatic rings. The molecular formula is C17H20N3O2. The predicted molar refractivity (Wildman–Crippen MR) is 83.7 cm³/mol. The minimum Gasteiger partial charge on any atom is -0.481 e. The summed E-state index contributed by atoms with van der Waals surface area (Å²) in [4.78, 5) is 15.3. The number of ether oxygens (including phenoxy) is 1. The molecule has 5 heteroatoms. The number of aromatic nitrogens is 3. The summed E-state index contributed by atoms with van der Waals surface area (Å²) >= 11 is 0. The van der Waals surface area contributed by atoms with Crippen molar-refractivity contribution in [2.75, 3.05) is 7.11 Å². The zero-order chi connectivity index (χ0) is 15.5. The second-order valence-corrected chi connectivity index (χ2v) is 5.82. The van der Waals surface area contributed by atoms with Crippen LogP contribution < -0.4 is 4.74 Å². The third-order valence-electron chi connectivity index (χ3n) is 4.24. The highest BCUT2D eigenvalue weighted by Crippen LogP contribution is 2.34. The largest absolute Gasteiger partial charge is 0.481 e. The van der Waals surface area contributed by atoms with Crippen LogP contribution in [0, 0.1) is 12.0 Å². The lowest BCUT2D eigenvalue weighted by Crippen LogP contribution is -2.19. The first-order valence-electron chi connectivity index (χ1n) is 7.62. The zero-order valence-electron chi connectivity index (χ0n) is 13.0. The average Bonchev–Trinajstić information content (AvgIpc) is 3.00. The molecule has 22 heavy (non-hydrogen) atoms. The number of aldehydes is 1. The molecule has 1 saturated carbocycles. The van der Waals surface area contributed by atoms with E-state index in [4.69, 9.17) is 4.74 Å². The maximum absolute atomic E-state index is 11.1. The van der Waals surface area contributed by atoms with Crippen molar-refractivity contribution in [1.29, 1.82) is 0 Å². The first kappa shape index (κ1) is 14.8. The van der Waals surface area contributed by atoms with Gasteiger partial charge in [-0.2, -0.15) is 5.10 Å². The van der Waals surface area contributed by atoms with E-state index in [1.54, 1.807) is 13.3 Å². The number of carbonyl (C=O) groups excluding carboxylic acids is 1. The lowest BCUT2D eigenvalue weighted by atomic mass is 9.87. The van der Waals surface area contributed by atoms with Gasteiger partial charge in [0.25, 0.3) is 0 Å². The molecule has 2 heterocycles. The van der Waals surface area contributed by atoms with E-state index in [1.807, 2.05) is 22.9 Å². The van der Waals surface area contributed by atoms with Crippen LogP contribution in [0.3, 0.4) is 0 Å². The Morgan fingerprint density at radius 2 is 2.09 bits per heavy atom. The van der Waals surface area contributed by atoms with Crippen molar-refractivity contribution >= 4 is 6.29 Å². The molecule has 0 spiro atoms. The van der Waals surface area contributed by atoms with Gasteiger partial charge < -0.3 is 4.74 Å². The van der Waals surface area contributed by atoms with Crippen molar-refractivity contribution in [3.05, 3.63) is 36.1 Å². The van der Waals surface area contributed by atoms with Crippen molar-refractivity contribution in [2.45, 2.75) is 32.6 Å². The molecule has 0 aliphatic heterocycles. The number of rotatable bonds is 4. The number of carbonyl (C=O) groups is 1. The molecule has 0 aromatic carbocycles. The number of methoxy groups -OCH3 is 1. The highest BCUT2D eigenvalue weighted by atomic mass is 16.5. The van der Waals surface area contributed by atoms with E-state index in [0.29, 0.717) is 11.6 Å². The van der Waals surface area contributed by atoms with Crippen molar-refractivity contribution in [1.82, 2.24) is 14.8 Å². The van der Waals surface area contributed by atoms with Crippen LogP contribution in [0.15, 0.2) is 24.4 Å². The fourth-order valence-corrected chi connectivity index (χ4v) is 2.89. The summed E-state index contributed by atoms with van der Waals surface area (Å²) < 4.78 is 7.13. The summed E-state index contributed by atoms with van der Waals surface area (Å²) in [6.45, 7) is 2.28. The molecular weight excluding hydrogens is 278 g/mol. The minimum atomic E-state index is 0.455. The van der Waals surface area contributed by atoms with E-state index < -0.39 is 0 Å². The summed E-state index contributed by atoms with van der Waals surface area (Å²) in [5.41, 5.74) is 2.34. The molecule has 2 aromatic rings. The maximum Gasteiger partial charge on any atom is 0.213 e. The quantitative estimate of drug-likeness (QED) is 0.812. The second kappa shape index (κ2) is 6.30. The van der Waals surface area contributed by atoms with Crippen LogP contribution >= 0.6 is 0 Å². The molecule has 0 unspecified atom stereocenters. The first-order chi connectivity index (χ1) is 10.7. The van der Waals surface area contributed by atoms with Gasteiger partial charge in [0, 0.05) is 17.8 Å². The topological polar surface area (TPSA) is 57.0 Å². The molecule has 2 aromatic heterocycles. The maximum atomic E-state index is 11.1. The highest BCUT2D eigenvalue weighted by Gasteiger charge is 2.24. The van der Waals surface area contributed by atoms with E-state index in [1.165, 1.54) is 18.9 Å². The molecule has 0 saturated heterocycles. The molecule has 0 atom stereocenters. The lowest BCUT2D eigenvalue weighted by Gasteiger charge is -2.26. The van der Waals surface area contributed by atoms with Crippen LogP contribution in [0.4, 0.5) is 0 Å². The van der Waals surface area contributed by atoms with Crippen LogP contribution in [0.2, 0.25) is 0 Å². The summed E-state index contributed by atoms with van der Waals surface area (Å²) in [6.07, 6.45) is 6.90. The molecule has 1 radical (unpaired) electrons. The van der Waals surface area contributed by atoms with Crippen LogP contribution in [-0.2, 0) is 0 Å². The van der Waals surface area contributed by atoms with E-state index in [0.717, 1.165) is 36.3 Å². The second-order valence-electron chi connectivity index (χ2n) is 5.82. The normalized spacial score (nSPS) is 16.6. The minimum absolute atomic E-state index is 0.455. The van der Waals surface area contributed by atoms with Gasteiger partial charge in [0.1, 0.15) is 5.69 Å². The van der Waals surface area contributed by atoms with Gasteiger partial charge in [-0.05, 0) is 43.7 Å². The van der Waals surface area contributed by atoms with E-state index in [2.05, 4.69) is 17.0 Å². The summed E-state index contributed by atoms with van der Waals surface area (Å²) in [6, 6.07) is 6.88. The van der Waals surface area contributed by atoms with Crippen LogP contribution in [0.1, 0.15) is 43.1 Å². The molecule has 1 fully saturated rings. The molecule has 5 nitrogen and oxygen atoms in total. The molecule has 3 rings (SSSR count). The van der Waals surface area contributed by atoms with Crippen molar-refractivity contribution in [3.8, 4) is 17.1 Å². The highest BCUT2D eigenvalue weighted by molar-refractivity contribution is 5.76. The SMILES string of the molecule is COc1cc(-c2cc(C=O)nn2[C]2CCC(C)CC2)ccn1. The third-order valence-corrected chi connectivity index (χ3v) is 4.24. The van der Waals surface area contributed by atoms with Crippen molar-refractivity contribution < 1.29 is 9.53 Å². The summed E-state index contributed by atoms with van der Waals surface area (Å²) in [5.74, 6) is 1.31. The monoisotopic (exact) mass is 298 g/mol. The van der Waals surface area contributed by atoms with Gasteiger partial charge in [0.05, 0.1) is 18.8 Å². The fourth-order valence-electron chi connectivity index (χ4n) is 2.89. The van der Waals surface area contributed by atoms with Crippen LogP contribution in [-0.4, -0.2) is 28.2 Å². The lowest BCUT2D eigenvalue weighted by molar-refractivity contribution is 0.111. The summed E-state index contributed by atoms with van der Waals surface area (Å²) in [5, 5.41) is 4.46. The van der Waals surface area contributed by atoms with Gasteiger partial charge >= 0.3 is 0 Å². The van der Waals surface area contributed by atoms with Gasteiger partial charge in [-0.3, -0.25) is 9.48 Å². The Morgan fingerprint density at radius 3 is 2.77 bits per heavy atom. The molecule has 0 amide bonds. The Hall–Kier alpha value is -2.17. The molecule has 0 N–H and O–H groups in total. The van der Waals surface area contributed by atoms with Gasteiger partial charge in [-0.25, -0.2) is 4.98 Å². The number of pyridine rings is 1. The third kappa shape index (κ3) is 2.89. The van der Waals surface area contributed by atoms with Crippen LogP contribution in [0.25, 0.3) is 11.3 Å². The Balaban J connectivity index is 1.99. The van der Waals surface area contributed by atoms with E-state index in [9.17, 15) is 4.79 Å². The van der Waals surface area contributed by atoms with E-state index >= 15 is 0 Å². The predicted octanol–water partition coefficient (Wildman–Crippen LogP) is 3.36. The van der Waals surface area contributed by atoms with Gasteiger partial charge in [0.2, 0.25) is 5.88 Å².